The van der Waals surface area contributed by atoms with E-state index in [1.807, 2.05) is 0 Å². The second-order valence-corrected chi connectivity index (χ2v) is 11.4. The van der Waals surface area contributed by atoms with Gasteiger partial charge in [-0.25, -0.2) is 15.0 Å². The first-order chi connectivity index (χ1) is 16.0. The number of benzene rings is 2. The molecule has 0 unspecified atom stereocenters. The number of rotatable bonds is 6. The van der Waals surface area contributed by atoms with E-state index in [1.54, 1.807) is 74.9 Å². The number of nitrogens with zero attached hydrogens (tertiary/aromatic N) is 3. The summed E-state index contributed by atoms with van der Waals surface area (Å²) in [5, 5.41) is 0. The molecule has 0 fully saturated rings. The summed E-state index contributed by atoms with van der Waals surface area (Å²) in [6.45, 7) is 0. The van der Waals surface area contributed by atoms with Crippen molar-refractivity contribution >= 4 is 92.9 Å². The lowest BCUT2D eigenvalue weighted by atomic mass is 10.1. The van der Waals surface area contributed by atoms with Gasteiger partial charge in [-0.2, -0.15) is 0 Å². The normalized spacial score (nSPS) is 13.1. The summed E-state index contributed by atoms with van der Waals surface area (Å²) in [6.07, 6.45) is 4.55. The van der Waals surface area contributed by atoms with Crippen LogP contribution >= 0.6 is 69.6 Å². The Kier molecular flexibility index (Phi) is 8.96. The van der Waals surface area contributed by atoms with E-state index >= 15 is 0 Å². The zero-order chi connectivity index (χ0) is 24.9. The number of allylic oxidation sites excluding steroid dienone is 2. The highest BCUT2D eigenvalue weighted by Gasteiger charge is 2.33. The number of methoxy groups -OCH3 is 2. The van der Waals surface area contributed by atoms with Crippen LogP contribution in [0.3, 0.4) is 0 Å². The molecule has 0 saturated heterocycles. The second kappa shape index (κ2) is 11.3. The summed E-state index contributed by atoms with van der Waals surface area (Å²) in [6, 6.07) is 14.3. The van der Waals surface area contributed by atoms with Crippen LogP contribution in [0, 0.1) is 0 Å². The quantitative estimate of drug-likeness (QED) is 0.280. The summed E-state index contributed by atoms with van der Waals surface area (Å²) in [5.74, 6) is 1.59. The molecule has 34 heavy (non-hydrogen) atoms. The van der Waals surface area contributed by atoms with Crippen LogP contribution in [-0.4, -0.2) is 36.8 Å². The smallest absolute Gasteiger partial charge is 0.219 e. The summed E-state index contributed by atoms with van der Waals surface area (Å²) in [7, 11) is 3.15. The maximum absolute atomic E-state index is 6.26. The Hall–Kier alpha value is -1.73. The van der Waals surface area contributed by atoms with E-state index in [2.05, 4.69) is 15.0 Å². The molecule has 0 aliphatic rings. The van der Waals surface area contributed by atoms with Gasteiger partial charge in [-0.3, -0.25) is 0 Å². The number of hydrogen-bond donors (Lipinski definition) is 0. The van der Waals surface area contributed by atoms with Crippen molar-refractivity contribution in [3.63, 3.8) is 0 Å². The van der Waals surface area contributed by atoms with E-state index in [1.165, 1.54) is 6.33 Å². The van der Waals surface area contributed by atoms with Crippen LogP contribution in [0.2, 0.25) is 0 Å². The minimum Gasteiger partial charge on any atom is -0.497 e. The van der Waals surface area contributed by atoms with Crippen LogP contribution in [0.25, 0.3) is 23.3 Å². The molecule has 0 radical (unpaired) electrons. The molecule has 0 N–H and O–H groups in total. The molecule has 0 bridgehead atoms. The molecule has 3 rings (SSSR count). The van der Waals surface area contributed by atoms with Gasteiger partial charge in [0.15, 0.2) is 11.6 Å². The van der Waals surface area contributed by atoms with Gasteiger partial charge in [0.1, 0.15) is 17.8 Å². The van der Waals surface area contributed by atoms with Crippen LogP contribution in [0.1, 0.15) is 22.8 Å². The molecule has 1 heterocycles. The topological polar surface area (TPSA) is 57.1 Å². The third kappa shape index (κ3) is 7.14. The first-order valence-corrected chi connectivity index (χ1v) is 11.8. The highest BCUT2D eigenvalue weighted by atomic mass is 35.6. The minimum atomic E-state index is -1.85. The SMILES string of the molecule is COc1ccc(C=C(c2ncnc(C(=Cc3ccc(OC)cc3)C(Cl)(Cl)Cl)n2)C(Cl)(Cl)Cl)cc1. The molecule has 1 aromatic heterocycles. The molecular formula is C23H17Cl6N3O2. The van der Waals surface area contributed by atoms with Crippen LogP contribution in [0.5, 0.6) is 11.5 Å². The zero-order valence-electron chi connectivity index (χ0n) is 17.8. The lowest BCUT2D eigenvalue weighted by Gasteiger charge is -2.18. The third-order valence-corrected chi connectivity index (χ3v) is 5.74. The van der Waals surface area contributed by atoms with Crippen molar-refractivity contribution in [3.05, 3.63) is 77.6 Å². The van der Waals surface area contributed by atoms with Crippen LogP contribution < -0.4 is 9.47 Å². The molecule has 0 saturated carbocycles. The standard InChI is InChI=1S/C23H17Cl6N3O2/c1-33-16-7-3-14(4-8-16)11-18(22(24,25)26)20-30-13-31-21(32-20)19(23(27,28)29)12-15-5-9-17(34-2)10-6-15/h3-13H,1-2H3. The predicted octanol–water partition coefficient (Wildman–Crippen LogP) is 7.71. The molecule has 0 amide bonds. The summed E-state index contributed by atoms with van der Waals surface area (Å²) < 4.78 is 6.66. The van der Waals surface area contributed by atoms with E-state index in [0.29, 0.717) is 11.5 Å². The number of aromatic nitrogens is 3. The molecule has 0 spiro atoms. The number of ether oxygens (including phenoxy) is 2. The fourth-order valence-electron chi connectivity index (χ4n) is 2.84. The van der Waals surface area contributed by atoms with Gasteiger partial charge < -0.3 is 9.47 Å². The largest absolute Gasteiger partial charge is 0.497 e. The van der Waals surface area contributed by atoms with E-state index in [4.69, 9.17) is 79.1 Å². The summed E-state index contributed by atoms with van der Waals surface area (Å²) in [4.78, 5) is 12.8. The zero-order valence-corrected chi connectivity index (χ0v) is 22.3. The fraction of sp³-hybridized carbons (Fsp3) is 0.174. The van der Waals surface area contributed by atoms with Gasteiger partial charge in [0.05, 0.1) is 14.2 Å². The predicted molar refractivity (Wildman–Crippen MR) is 142 cm³/mol. The number of hydrogen-bond acceptors (Lipinski definition) is 5. The van der Waals surface area contributed by atoms with Gasteiger partial charge in [0, 0.05) is 11.1 Å². The van der Waals surface area contributed by atoms with E-state index < -0.39 is 7.59 Å². The lowest BCUT2D eigenvalue weighted by Crippen LogP contribution is -2.14. The molecule has 5 nitrogen and oxygen atoms in total. The molecule has 0 atom stereocenters. The average molecular weight is 580 g/mol. The Labute approximate surface area is 227 Å². The molecule has 0 aliphatic heterocycles. The van der Waals surface area contributed by atoms with Crippen molar-refractivity contribution in [1.29, 1.82) is 0 Å². The van der Waals surface area contributed by atoms with Gasteiger partial charge in [-0.05, 0) is 47.5 Å². The van der Waals surface area contributed by atoms with Crippen LogP contribution in [-0.2, 0) is 0 Å². The van der Waals surface area contributed by atoms with E-state index in [0.717, 1.165) is 11.1 Å². The van der Waals surface area contributed by atoms with Crippen molar-refractivity contribution in [2.45, 2.75) is 7.59 Å². The fourth-order valence-corrected chi connectivity index (χ4v) is 3.67. The van der Waals surface area contributed by atoms with Crippen molar-refractivity contribution < 1.29 is 9.47 Å². The maximum atomic E-state index is 6.26. The Morgan fingerprint density at radius 1 is 0.647 bits per heavy atom. The number of halogens is 6. The van der Waals surface area contributed by atoms with Gasteiger partial charge >= 0.3 is 0 Å². The lowest BCUT2D eigenvalue weighted by molar-refractivity contribution is 0.414. The summed E-state index contributed by atoms with van der Waals surface area (Å²) in [5.41, 5.74) is 1.89. The van der Waals surface area contributed by atoms with E-state index in [-0.39, 0.29) is 22.8 Å². The number of alkyl halides is 6. The highest BCUT2D eigenvalue weighted by molar-refractivity contribution is 6.73. The minimum absolute atomic E-state index is 0.107. The van der Waals surface area contributed by atoms with Gasteiger partial charge in [-0.1, -0.05) is 93.9 Å². The Bertz CT molecular complexity index is 1090. The second-order valence-electron chi connectivity index (χ2n) is 6.79. The molecule has 178 valence electrons. The van der Waals surface area contributed by atoms with Crippen molar-refractivity contribution in [1.82, 2.24) is 15.0 Å². The highest BCUT2D eigenvalue weighted by Crippen LogP contribution is 2.43. The monoisotopic (exact) mass is 577 g/mol. The molecule has 0 aliphatic carbocycles. The first kappa shape index (κ1) is 26.9. The summed E-state index contributed by atoms with van der Waals surface area (Å²) >= 11 is 37.5. The maximum Gasteiger partial charge on any atom is 0.219 e. The van der Waals surface area contributed by atoms with Gasteiger partial charge in [-0.15, -0.1) is 0 Å². The van der Waals surface area contributed by atoms with Gasteiger partial charge in [0.2, 0.25) is 7.59 Å². The molecule has 2 aromatic carbocycles. The Morgan fingerprint density at radius 3 is 1.29 bits per heavy atom. The van der Waals surface area contributed by atoms with Crippen LogP contribution in [0.15, 0.2) is 54.9 Å². The average Bonchev–Trinajstić information content (AvgIpc) is 2.80. The molecule has 3 aromatic rings. The van der Waals surface area contributed by atoms with E-state index in [9.17, 15) is 0 Å². The van der Waals surface area contributed by atoms with Crippen molar-refractivity contribution in [2.24, 2.45) is 0 Å². The Balaban J connectivity index is 2.09. The third-order valence-electron chi connectivity index (χ3n) is 4.52. The first-order valence-electron chi connectivity index (χ1n) is 9.57. The van der Waals surface area contributed by atoms with Gasteiger partial charge in [0.25, 0.3) is 0 Å². The van der Waals surface area contributed by atoms with Crippen molar-refractivity contribution in [2.75, 3.05) is 14.2 Å². The molecular weight excluding hydrogens is 563 g/mol. The van der Waals surface area contributed by atoms with Crippen molar-refractivity contribution in [3.8, 4) is 11.5 Å². The Morgan fingerprint density at radius 2 is 1.00 bits per heavy atom. The molecule has 11 heteroatoms. The van der Waals surface area contributed by atoms with Crippen LogP contribution in [0.4, 0.5) is 0 Å².